The van der Waals surface area contributed by atoms with Crippen LogP contribution in [-0.4, -0.2) is 13.3 Å². The largest absolute Gasteiger partial charge is 0.513 e. The maximum absolute atomic E-state index is 11.2. The third-order valence-corrected chi connectivity index (χ3v) is 3.74. The van der Waals surface area contributed by atoms with Crippen molar-refractivity contribution in [2.75, 3.05) is 7.11 Å². The number of carbonyl (C=O) groups excluding carboxylic acids is 1. The van der Waals surface area contributed by atoms with Gasteiger partial charge in [-0.25, -0.2) is 4.79 Å². The van der Waals surface area contributed by atoms with Gasteiger partial charge >= 0.3 is 6.16 Å². The van der Waals surface area contributed by atoms with E-state index in [4.69, 9.17) is 9.47 Å². The number of aryl methyl sites for hydroxylation is 1. The van der Waals surface area contributed by atoms with Crippen LogP contribution >= 0.6 is 15.9 Å². The Balaban J connectivity index is 2.10. The van der Waals surface area contributed by atoms with Crippen LogP contribution in [0.4, 0.5) is 4.79 Å². The fourth-order valence-electron chi connectivity index (χ4n) is 1.89. The molecule has 0 aliphatic heterocycles. The summed E-state index contributed by atoms with van der Waals surface area (Å²) in [6.45, 7) is 2.39. The molecule has 0 aromatic heterocycles. The van der Waals surface area contributed by atoms with E-state index in [-0.39, 0.29) is 6.61 Å². The third kappa shape index (κ3) is 4.24. The molecule has 0 heterocycles. The molecule has 0 radical (unpaired) electrons. The highest BCUT2D eigenvalue weighted by atomic mass is 79.9. The van der Waals surface area contributed by atoms with Crippen molar-refractivity contribution in [3.63, 3.8) is 0 Å². The number of para-hydroxylation sites is 1. The van der Waals surface area contributed by atoms with E-state index in [0.717, 1.165) is 22.2 Å². The fraction of sp³-hybridized carbons (Fsp3) is 0.235. The van der Waals surface area contributed by atoms with Gasteiger partial charge in [0.05, 0.1) is 11.6 Å². The molecule has 2 aromatic carbocycles. The van der Waals surface area contributed by atoms with E-state index in [1.807, 2.05) is 30.3 Å². The lowest BCUT2D eigenvalue weighted by Crippen LogP contribution is -2.09. The van der Waals surface area contributed by atoms with E-state index in [1.165, 1.54) is 12.7 Å². The number of benzene rings is 2. The van der Waals surface area contributed by atoms with Crippen LogP contribution in [0.1, 0.15) is 18.1 Å². The van der Waals surface area contributed by atoms with Gasteiger partial charge in [-0.3, -0.25) is 0 Å². The van der Waals surface area contributed by atoms with Gasteiger partial charge in [0.2, 0.25) is 0 Å². The Labute approximate surface area is 138 Å². The summed E-state index contributed by atoms with van der Waals surface area (Å²) in [5.74, 6) is 1.17. The monoisotopic (exact) mass is 364 g/mol. The quantitative estimate of drug-likeness (QED) is 0.567. The summed E-state index contributed by atoms with van der Waals surface area (Å²) in [4.78, 5) is 11.2. The Bertz CT molecular complexity index is 655. The maximum atomic E-state index is 11.2. The van der Waals surface area contributed by atoms with E-state index >= 15 is 0 Å². The second-order valence-corrected chi connectivity index (χ2v) is 5.43. The van der Waals surface area contributed by atoms with Gasteiger partial charge in [0.25, 0.3) is 0 Å². The SMILES string of the molecule is CCc1ccc(OCc2ccccc2OC(=O)OC)c(Br)c1. The molecule has 2 rings (SSSR count). The molecule has 0 saturated carbocycles. The van der Waals surface area contributed by atoms with Gasteiger partial charge in [-0.1, -0.05) is 31.2 Å². The molecule has 0 bridgehead atoms. The predicted molar refractivity (Wildman–Crippen MR) is 87.3 cm³/mol. The first-order valence-corrected chi connectivity index (χ1v) is 7.68. The molecule has 0 N–H and O–H groups in total. The Morgan fingerprint density at radius 2 is 1.91 bits per heavy atom. The second-order valence-electron chi connectivity index (χ2n) is 4.57. The zero-order valence-electron chi connectivity index (χ0n) is 12.5. The number of ether oxygens (including phenoxy) is 3. The Kier molecular flexibility index (Phi) is 5.83. The molecule has 116 valence electrons. The standard InChI is InChI=1S/C17H17BrO4/c1-3-12-8-9-16(14(18)10-12)21-11-13-6-4-5-7-15(13)22-17(19)20-2/h4-10H,3,11H2,1-2H3. The number of carbonyl (C=O) groups is 1. The molecule has 4 nitrogen and oxygen atoms in total. The van der Waals surface area contributed by atoms with Crippen LogP contribution in [0.3, 0.4) is 0 Å². The minimum Gasteiger partial charge on any atom is -0.488 e. The van der Waals surface area contributed by atoms with Crippen molar-refractivity contribution in [1.29, 1.82) is 0 Å². The molecule has 5 heteroatoms. The molecule has 0 aliphatic rings. The molecular weight excluding hydrogens is 348 g/mol. The van der Waals surface area contributed by atoms with Gasteiger partial charge in [0.15, 0.2) is 0 Å². The van der Waals surface area contributed by atoms with E-state index in [2.05, 4.69) is 27.6 Å². The Morgan fingerprint density at radius 3 is 2.59 bits per heavy atom. The lowest BCUT2D eigenvalue weighted by atomic mass is 10.2. The molecule has 0 aliphatic carbocycles. The highest BCUT2D eigenvalue weighted by molar-refractivity contribution is 9.10. The summed E-state index contributed by atoms with van der Waals surface area (Å²) in [6, 6.07) is 13.2. The lowest BCUT2D eigenvalue weighted by molar-refractivity contribution is 0.120. The van der Waals surface area contributed by atoms with Crippen LogP contribution in [0.5, 0.6) is 11.5 Å². The van der Waals surface area contributed by atoms with Crippen LogP contribution < -0.4 is 9.47 Å². The predicted octanol–water partition coefficient (Wildman–Crippen LogP) is 4.74. The Morgan fingerprint density at radius 1 is 1.14 bits per heavy atom. The van der Waals surface area contributed by atoms with E-state index in [9.17, 15) is 4.79 Å². The summed E-state index contributed by atoms with van der Waals surface area (Å²) in [7, 11) is 1.27. The molecule has 0 atom stereocenters. The molecule has 0 saturated heterocycles. The number of methoxy groups -OCH3 is 1. The highest BCUT2D eigenvalue weighted by Crippen LogP contribution is 2.28. The number of hydrogen-bond acceptors (Lipinski definition) is 4. The van der Waals surface area contributed by atoms with Crippen molar-refractivity contribution in [2.24, 2.45) is 0 Å². The fourth-order valence-corrected chi connectivity index (χ4v) is 2.43. The molecule has 22 heavy (non-hydrogen) atoms. The molecule has 0 spiro atoms. The van der Waals surface area contributed by atoms with Gasteiger partial charge < -0.3 is 14.2 Å². The smallest absolute Gasteiger partial charge is 0.488 e. The molecule has 0 amide bonds. The molecule has 2 aromatic rings. The van der Waals surface area contributed by atoms with E-state index < -0.39 is 6.16 Å². The highest BCUT2D eigenvalue weighted by Gasteiger charge is 2.10. The average Bonchev–Trinajstić information content (AvgIpc) is 2.54. The van der Waals surface area contributed by atoms with Crippen molar-refractivity contribution in [3.8, 4) is 11.5 Å². The van der Waals surface area contributed by atoms with Crippen molar-refractivity contribution >= 4 is 22.1 Å². The van der Waals surface area contributed by atoms with Gasteiger partial charge in [-0.2, -0.15) is 0 Å². The summed E-state index contributed by atoms with van der Waals surface area (Å²) in [5, 5.41) is 0. The summed E-state index contributed by atoms with van der Waals surface area (Å²) in [5.41, 5.74) is 1.99. The normalized spacial score (nSPS) is 10.1. The van der Waals surface area contributed by atoms with Gasteiger partial charge in [-0.05, 0) is 46.1 Å². The van der Waals surface area contributed by atoms with Crippen molar-refractivity contribution in [1.82, 2.24) is 0 Å². The van der Waals surface area contributed by atoms with Gasteiger partial charge in [0.1, 0.15) is 18.1 Å². The first-order valence-electron chi connectivity index (χ1n) is 6.89. The number of hydrogen-bond donors (Lipinski definition) is 0. The zero-order valence-corrected chi connectivity index (χ0v) is 14.1. The van der Waals surface area contributed by atoms with Crippen LogP contribution in [0.25, 0.3) is 0 Å². The lowest BCUT2D eigenvalue weighted by Gasteiger charge is -2.12. The molecule has 0 unspecified atom stereocenters. The minimum atomic E-state index is -0.749. The van der Waals surface area contributed by atoms with Crippen molar-refractivity contribution < 1.29 is 19.0 Å². The average molecular weight is 365 g/mol. The van der Waals surface area contributed by atoms with Crippen LogP contribution in [0, 0.1) is 0 Å². The van der Waals surface area contributed by atoms with Crippen LogP contribution in [0.2, 0.25) is 0 Å². The third-order valence-electron chi connectivity index (χ3n) is 3.12. The topological polar surface area (TPSA) is 44.8 Å². The Hall–Kier alpha value is -2.01. The van der Waals surface area contributed by atoms with Crippen molar-refractivity contribution in [3.05, 3.63) is 58.1 Å². The minimum absolute atomic E-state index is 0.289. The number of rotatable bonds is 5. The van der Waals surface area contributed by atoms with Crippen LogP contribution in [0.15, 0.2) is 46.9 Å². The number of halogens is 1. The van der Waals surface area contributed by atoms with Gasteiger partial charge in [0, 0.05) is 5.56 Å². The van der Waals surface area contributed by atoms with E-state index in [0.29, 0.717) is 5.75 Å². The molecular formula is C17H17BrO4. The van der Waals surface area contributed by atoms with E-state index in [1.54, 1.807) is 12.1 Å². The first-order chi connectivity index (χ1) is 10.6. The summed E-state index contributed by atoms with van der Waals surface area (Å²) >= 11 is 3.50. The molecule has 0 fully saturated rings. The maximum Gasteiger partial charge on any atom is 0.513 e. The zero-order chi connectivity index (χ0) is 15.9. The summed E-state index contributed by atoms with van der Waals surface area (Å²) < 4.78 is 16.3. The second kappa shape index (κ2) is 7.84. The van der Waals surface area contributed by atoms with Gasteiger partial charge in [-0.15, -0.1) is 0 Å². The summed E-state index contributed by atoms with van der Waals surface area (Å²) in [6.07, 6.45) is 0.218. The van der Waals surface area contributed by atoms with Crippen LogP contribution in [-0.2, 0) is 17.8 Å². The van der Waals surface area contributed by atoms with Crippen molar-refractivity contribution in [2.45, 2.75) is 20.0 Å². The first kappa shape index (κ1) is 16.4.